The van der Waals surface area contributed by atoms with Crippen LogP contribution in [0.25, 0.3) is 0 Å². The molecule has 1 aromatic rings. The number of benzene rings is 1. The zero-order valence-corrected chi connectivity index (χ0v) is 17.1. The van der Waals surface area contributed by atoms with Crippen molar-refractivity contribution in [1.82, 2.24) is 20.4 Å². The minimum atomic E-state index is -0.872. The van der Waals surface area contributed by atoms with E-state index in [1.54, 1.807) is 6.07 Å². The Hall–Kier alpha value is -2.48. The zero-order valence-electron chi connectivity index (χ0n) is 17.1. The topological polar surface area (TPSA) is 81.8 Å². The number of rotatable bonds is 6. The van der Waals surface area contributed by atoms with Gasteiger partial charge in [-0.2, -0.15) is 0 Å². The summed E-state index contributed by atoms with van der Waals surface area (Å²) in [4.78, 5) is 40.8. The van der Waals surface area contributed by atoms with Gasteiger partial charge in [0.15, 0.2) is 0 Å². The quantitative estimate of drug-likeness (QED) is 0.696. The number of halogens is 1. The van der Waals surface area contributed by atoms with Crippen LogP contribution < -0.4 is 10.6 Å². The fourth-order valence-corrected chi connectivity index (χ4v) is 5.00. The average Bonchev–Trinajstić information content (AvgIpc) is 2.99. The van der Waals surface area contributed by atoms with Crippen LogP contribution in [0.5, 0.6) is 0 Å². The summed E-state index contributed by atoms with van der Waals surface area (Å²) in [5, 5.41) is 5.56. The third-order valence-corrected chi connectivity index (χ3v) is 6.52. The van der Waals surface area contributed by atoms with Gasteiger partial charge in [-0.05, 0) is 62.4 Å². The van der Waals surface area contributed by atoms with E-state index in [1.807, 2.05) is 0 Å². The summed E-state index contributed by atoms with van der Waals surface area (Å²) in [6, 6.07) is 4.91. The molecule has 4 amide bonds. The van der Waals surface area contributed by atoms with Gasteiger partial charge in [-0.3, -0.25) is 14.5 Å². The summed E-state index contributed by atoms with van der Waals surface area (Å²) in [5.74, 6) is -0.652. The molecule has 3 atom stereocenters. The van der Waals surface area contributed by atoms with Crippen molar-refractivity contribution in [2.24, 2.45) is 5.92 Å². The number of hydrogen-bond donors (Lipinski definition) is 2. The SMILES string of the molecule is O=C(C[C@@H]1NC(=O)N(Cc2cccc(F)c2)C1=O)NC[C@@H]1CCCN2CCCCC12. The molecule has 0 bridgehead atoms. The first kappa shape index (κ1) is 20.8. The van der Waals surface area contributed by atoms with E-state index in [0.717, 1.165) is 30.8 Å². The summed E-state index contributed by atoms with van der Waals surface area (Å²) in [6.45, 7) is 2.90. The van der Waals surface area contributed by atoms with Crippen LogP contribution in [0, 0.1) is 11.7 Å². The largest absolute Gasteiger partial charge is 0.356 e. The molecule has 0 aromatic heterocycles. The first-order chi connectivity index (χ1) is 14.5. The Kier molecular flexibility index (Phi) is 6.32. The maximum atomic E-state index is 13.4. The first-order valence-corrected chi connectivity index (χ1v) is 10.9. The van der Waals surface area contributed by atoms with Crippen LogP contribution in [0.15, 0.2) is 24.3 Å². The fourth-order valence-electron chi connectivity index (χ4n) is 5.00. The summed E-state index contributed by atoms with van der Waals surface area (Å²) in [5.41, 5.74) is 0.526. The normalized spacial score (nSPS) is 27.0. The number of hydrogen-bond acceptors (Lipinski definition) is 4. The minimum absolute atomic E-state index is 0.0138. The van der Waals surface area contributed by atoms with Crippen molar-refractivity contribution in [3.63, 3.8) is 0 Å². The molecular weight excluding hydrogens is 387 g/mol. The van der Waals surface area contributed by atoms with Gasteiger partial charge in [0, 0.05) is 12.6 Å². The van der Waals surface area contributed by atoms with Gasteiger partial charge < -0.3 is 15.5 Å². The fraction of sp³-hybridized carbons (Fsp3) is 0.591. The molecule has 0 radical (unpaired) electrons. The van der Waals surface area contributed by atoms with Crippen molar-refractivity contribution in [3.05, 3.63) is 35.6 Å². The molecule has 1 unspecified atom stereocenters. The second-order valence-electron chi connectivity index (χ2n) is 8.57. The molecule has 162 valence electrons. The van der Waals surface area contributed by atoms with Crippen molar-refractivity contribution in [1.29, 1.82) is 0 Å². The van der Waals surface area contributed by atoms with E-state index in [9.17, 15) is 18.8 Å². The van der Waals surface area contributed by atoms with E-state index in [2.05, 4.69) is 15.5 Å². The highest BCUT2D eigenvalue weighted by molar-refractivity contribution is 6.05. The zero-order chi connectivity index (χ0) is 21.1. The molecular formula is C22H29FN4O3. The lowest BCUT2D eigenvalue weighted by Crippen LogP contribution is -2.51. The molecule has 3 aliphatic rings. The Morgan fingerprint density at radius 3 is 2.83 bits per heavy atom. The molecule has 4 rings (SSSR count). The number of nitrogens with zero attached hydrogens (tertiary/aromatic N) is 2. The molecule has 8 heteroatoms. The predicted molar refractivity (Wildman–Crippen MR) is 109 cm³/mol. The van der Waals surface area contributed by atoms with Gasteiger partial charge >= 0.3 is 6.03 Å². The van der Waals surface area contributed by atoms with E-state index in [4.69, 9.17) is 0 Å². The molecule has 0 spiro atoms. The lowest BCUT2D eigenvalue weighted by molar-refractivity contribution is -0.131. The molecule has 7 nitrogen and oxygen atoms in total. The van der Waals surface area contributed by atoms with Crippen LogP contribution in [-0.2, 0) is 16.1 Å². The van der Waals surface area contributed by atoms with Gasteiger partial charge in [0.2, 0.25) is 5.91 Å². The van der Waals surface area contributed by atoms with Crippen LogP contribution in [0.1, 0.15) is 44.1 Å². The maximum absolute atomic E-state index is 13.4. The van der Waals surface area contributed by atoms with Crippen molar-refractivity contribution in [2.45, 2.75) is 57.2 Å². The Morgan fingerprint density at radius 1 is 1.17 bits per heavy atom. The smallest absolute Gasteiger partial charge is 0.325 e. The highest BCUT2D eigenvalue weighted by Crippen LogP contribution is 2.30. The van der Waals surface area contributed by atoms with Crippen LogP contribution in [-0.4, -0.2) is 59.4 Å². The van der Waals surface area contributed by atoms with Crippen LogP contribution in [0.4, 0.5) is 9.18 Å². The van der Waals surface area contributed by atoms with Gasteiger partial charge in [0.1, 0.15) is 11.9 Å². The highest BCUT2D eigenvalue weighted by Gasteiger charge is 2.39. The monoisotopic (exact) mass is 416 g/mol. The van der Waals surface area contributed by atoms with Gasteiger partial charge in [-0.15, -0.1) is 0 Å². The number of imide groups is 1. The van der Waals surface area contributed by atoms with Gasteiger partial charge in [-0.1, -0.05) is 18.6 Å². The number of urea groups is 1. The number of carbonyl (C=O) groups excluding carboxylic acids is 3. The van der Waals surface area contributed by atoms with Gasteiger partial charge in [-0.25, -0.2) is 9.18 Å². The highest BCUT2D eigenvalue weighted by atomic mass is 19.1. The molecule has 1 aromatic carbocycles. The van der Waals surface area contributed by atoms with Crippen LogP contribution in [0.2, 0.25) is 0 Å². The molecule has 0 saturated carbocycles. The molecule has 30 heavy (non-hydrogen) atoms. The Bertz CT molecular complexity index is 815. The third kappa shape index (κ3) is 4.64. The number of amides is 4. The summed E-state index contributed by atoms with van der Waals surface area (Å²) in [7, 11) is 0. The third-order valence-electron chi connectivity index (χ3n) is 6.52. The predicted octanol–water partition coefficient (Wildman–Crippen LogP) is 2.02. The van der Waals surface area contributed by atoms with Gasteiger partial charge in [0.05, 0.1) is 13.0 Å². The van der Waals surface area contributed by atoms with E-state index in [1.165, 1.54) is 37.5 Å². The molecule has 3 saturated heterocycles. The standard InChI is InChI=1S/C22H29FN4O3/c23-17-7-3-5-15(11-17)14-27-21(29)18(25-22(27)30)12-20(28)24-13-16-6-4-10-26-9-2-1-8-19(16)26/h3,5,7,11,16,18-19H,1-2,4,6,8-10,12-14H2,(H,24,28)(H,25,30)/t16-,18-,19?/m0/s1. The number of nitrogens with one attached hydrogen (secondary N) is 2. The van der Waals surface area contributed by atoms with Crippen molar-refractivity contribution < 1.29 is 18.8 Å². The number of carbonyl (C=O) groups is 3. The average molecular weight is 416 g/mol. The second-order valence-corrected chi connectivity index (χ2v) is 8.57. The number of fused-ring (bicyclic) bond motifs is 1. The first-order valence-electron chi connectivity index (χ1n) is 10.9. The van der Waals surface area contributed by atoms with Gasteiger partial charge in [0.25, 0.3) is 5.91 Å². The summed E-state index contributed by atoms with van der Waals surface area (Å²) in [6.07, 6.45) is 5.88. The number of piperidine rings is 2. The van der Waals surface area contributed by atoms with Crippen LogP contribution >= 0.6 is 0 Å². The second kappa shape index (κ2) is 9.12. The van der Waals surface area contributed by atoms with E-state index in [0.29, 0.717) is 24.1 Å². The molecule has 3 fully saturated rings. The van der Waals surface area contributed by atoms with Crippen molar-refractivity contribution >= 4 is 17.8 Å². The Labute approximate surface area is 176 Å². The molecule has 2 N–H and O–H groups in total. The minimum Gasteiger partial charge on any atom is -0.356 e. The van der Waals surface area contributed by atoms with E-state index in [-0.39, 0.29) is 18.9 Å². The summed E-state index contributed by atoms with van der Waals surface area (Å²) < 4.78 is 13.4. The Morgan fingerprint density at radius 2 is 2.00 bits per heavy atom. The molecule has 3 aliphatic heterocycles. The molecule has 0 aliphatic carbocycles. The van der Waals surface area contributed by atoms with E-state index >= 15 is 0 Å². The van der Waals surface area contributed by atoms with Crippen LogP contribution in [0.3, 0.4) is 0 Å². The summed E-state index contributed by atoms with van der Waals surface area (Å²) >= 11 is 0. The van der Waals surface area contributed by atoms with E-state index < -0.39 is 23.8 Å². The lowest BCUT2D eigenvalue weighted by atomic mass is 9.83. The van der Waals surface area contributed by atoms with Crippen molar-refractivity contribution in [2.75, 3.05) is 19.6 Å². The maximum Gasteiger partial charge on any atom is 0.325 e. The molecule has 3 heterocycles. The lowest BCUT2D eigenvalue weighted by Gasteiger charge is -2.44. The van der Waals surface area contributed by atoms with Crippen molar-refractivity contribution in [3.8, 4) is 0 Å². The Balaban J connectivity index is 1.28.